The second-order valence-electron chi connectivity index (χ2n) is 7.36. The number of carbonyl (C=O) groups excluding carboxylic acids is 3. The molecule has 1 N–H and O–H groups in total. The van der Waals surface area contributed by atoms with E-state index in [1.165, 1.54) is 36.3 Å². The molecule has 1 aliphatic heterocycles. The van der Waals surface area contributed by atoms with Crippen LogP contribution >= 0.6 is 0 Å². The number of hydrogen-bond acceptors (Lipinski definition) is 7. The van der Waals surface area contributed by atoms with Crippen molar-refractivity contribution < 1.29 is 36.7 Å². The van der Waals surface area contributed by atoms with Crippen LogP contribution in [0.25, 0.3) is 0 Å². The van der Waals surface area contributed by atoms with Gasteiger partial charge in [0.1, 0.15) is 5.82 Å². The molecular formula is C22H23FN2O7S. The smallest absolute Gasteiger partial charge is 0.340 e. The molecule has 2 aromatic carbocycles. The number of halogens is 1. The van der Waals surface area contributed by atoms with Crippen LogP contribution in [0, 0.1) is 11.7 Å². The number of carbonyl (C=O) groups is 3. The predicted octanol–water partition coefficient (Wildman–Crippen LogP) is 2.19. The van der Waals surface area contributed by atoms with Crippen molar-refractivity contribution in [3.05, 3.63) is 59.9 Å². The van der Waals surface area contributed by atoms with E-state index in [-0.39, 0.29) is 28.0 Å². The van der Waals surface area contributed by atoms with Gasteiger partial charge in [-0.3, -0.25) is 14.3 Å². The zero-order valence-electron chi connectivity index (χ0n) is 17.8. The SMILES string of the molecule is COC(=O)C1CCN(C(=O)COC(=O)c2ccccc2NS(=O)(=O)c2ccc(F)cc2)CC1. The summed E-state index contributed by atoms with van der Waals surface area (Å²) < 4.78 is 50.4. The highest BCUT2D eigenvalue weighted by Gasteiger charge is 2.28. The number of sulfonamides is 1. The highest BCUT2D eigenvalue weighted by Crippen LogP contribution is 2.22. The number of likely N-dealkylation sites (tertiary alicyclic amines) is 1. The maximum Gasteiger partial charge on any atom is 0.340 e. The molecule has 0 saturated carbocycles. The van der Waals surface area contributed by atoms with E-state index in [9.17, 15) is 27.2 Å². The summed E-state index contributed by atoms with van der Waals surface area (Å²) in [5.41, 5.74) is -0.126. The van der Waals surface area contributed by atoms with Gasteiger partial charge in [0.2, 0.25) is 0 Å². The van der Waals surface area contributed by atoms with Crippen LogP contribution in [-0.4, -0.2) is 58.0 Å². The summed E-state index contributed by atoms with van der Waals surface area (Å²) in [5.74, 6) is -2.46. The lowest BCUT2D eigenvalue weighted by Gasteiger charge is -2.30. The minimum Gasteiger partial charge on any atom is -0.469 e. The first kappa shape index (κ1) is 24.2. The normalized spacial score (nSPS) is 14.4. The zero-order valence-corrected chi connectivity index (χ0v) is 18.6. The summed E-state index contributed by atoms with van der Waals surface area (Å²) in [5, 5.41) is 0. The van der Waals surface area contributed by atoms with Crippen LogP contribution in [0.2, 0.25) is 0 Å². The first-order valence-electron chi connectivity index (χ1n) is 10.1. The van der Waals surface area contributed by atoms with E-state index >= 15 is 0 Å². The fraction of sp³-hybridized carbons (Fsp3) is 0.318. The zero-order chi connectivity index (χ0) is 24.0. The summed E-state index contributed by atoms with van der Waals surface area (Å²) in [6.07, 6.45) is 0.917. The lowest BCUT2D eigenvalue weighted by Crippen LogP contribution is -2.42. The molecule has 0 spiro atoms. The van der Waals surface area contributed by atoms with Crippen molar-refractivity contribution in [3.8, 4) is 0 Å². The Kier molecular flexibility index (Phi) is 7.64. The number of piperidine rings is 1. The first-order valence-corrected chi connectivity index (χ1v) is 11.6. The van der Waals surface area contributed by atoms with Crippen molar-refractivity contribution in [2.24, 2.45) is 5.92 Å². The third-order valence-electron chi connectivity index (χ3n) is 5.22. The van der Waals surface area contributed by atoms with Crippen LogP contribution in [0.15, 0.2) is 53.4 Å². The van der Waals surface area contributed by atoms with Gasteiger partial charge in [0, 0.05) is 13.1 Å². The molecule has 33 heavy (non-hydrogen) atoms. The van der Waals surface area contributed by atoms with E-state index in [0.29, 0.717) is 25.9 Å². The second kappa shape index (κ2) is 10.4. The van der Waals surface area contributed by atoms with Gasteiger partial charge in [-0.05, 0) is 49.2 Å². The number of nitrogens with one attached hydrogen (secondary N) is 1. The van der Waals surface area contributed by atoms with Crippen molar-refractivity contribution in [2.75, 3.05) is 31.5 Å². The number of benzene rings is 2. The van der Waals surface area contributed by atoms with Crippen LogP contribution < -0.4 is 4.72 Å². The molecule has 1 saturated heterocycles. The van der Waals surface area contributed by atoms with Gasteiger partial charge in [0.15, 0.2) is 6.61 Å². The number of anilines is 1. The highest BCUT2D eigenvalue weighted by molar-refractivity contribution is 7.92. The molecule has 176 valence electrons. The minimum absolute atomic E-state index is 0.0434. The van der Waals surface area contributed by atoms with E-state index in [4.69, 9.17) is 9.47 Å². The van der Waals surface area contributed by atoms with Crippen molar-refractivity contribution in [2.45, 2.75) is 17.7 Å². The number of hydrogen-bond donors (Lipinski definition) is 1. The van der Waals surface area contributed by atoms with Crippen molar-refractivity contribution in [3.63, 3.8) is 0 Å². The Bertz CT molecular complexity index is 1130. The molecule has 1 heterocycles. The summed E-state index contributed by atoms with van der Waals surface area (Å²) in [6, 6.07) is 9.99. The average Bonchev–Trinajstić information content (AvgIpc) is 2.82. The van der Waals surface area contributed by atoms with E-state index < -0.39 is 34.3 Å². The summed E-state index contributed by atoms with van der Waals surface area (Å²) in [4.78, 5) is 37.9. The van der Waals surface area contributed by atoms with Gasteiger partial charge in [-0.2, -0.15) is 0 Å². The van der Waals surface area contributed by atoms with Crippen LogP contribution in [-0.2, 0) is 29.1 Å². The average molecular weight is 478 g/mol. The Morgan fingerprint density at radius 2 is 1.70 bits per heavy atom. The van der Waals surface area contributed by atoms with Crippen molar-refractivity contribution >= 4 is 33.6 Å². The molecule has 1 fully saturated rings. The minimum atomic E-state index is -4.09. The number of para-hydroxylation sites is 1. The van der Waals surface area contributed by atoms with Gasteiger partial charge in [0.25, 0.3) is 15.9 Å². The van der Waals surface area contributed by atoms with E-state index in [1.807, 2.05) is 0 Å². The molecule has 1 amide bonds. The Hall–Kier alpha value is -3.47. The van der Waals surface area contributed by atoms with Gasteiger partial charge in [-0.15, -0.1) is 0 Å². The Labute approximate surface area is 190 Å². The number of methoxy groups -OCH3 is 1. The second-order valence-corrected chi connectivity index (χ2v) is 9.04. The van der Waals surface area contributed by atoms with Gasteiger partial charge >= 0.3 is 11.9 Å². The van der Waals surface area contributed by atoms with Gasteiger partial charge in [-0.1, -0.05) is 12.1 Å². The Morgan fingerprint density at radius 1 is 1.06 bits per heavy atom. The first-order chi connectivity index (χ1) is 15.7. The van der Waals surface area contributed by atoms with Crippen LogP contribution in [0.3, 0.4) is 0 Å². The number of nitrogens with zero attached hydrogens (tertiary/aromatic N) is 1. The third kappa shape index (κ3) is 6.07. The fourth-order valence-electron chi connectivity index (χ4n) is 3.40. The van der Waals surface area contributed by atoms with E-state index in [0.717, 1.165) is 24.3 Å². The highest BCUT2D eigenvalue weighted by atomic mass is 32.2. The third-order valence-corrected chi connectivity index (χ3v) is 6.61. The Balaban J connectivity index is 1.62. The Morgan fingerprint density at radius 3 is 2.33 bits per heavy atom. The van der Waals surface area contributed by atoms with E-state index in [1.54, 1.807) is 0 Å². The number of esters is 2. The monoisotopic (exact) mass is 478 g/mol. The number of ether oxygens (including phenoxy) is 2. The summed E-state index contributed by atoms with van der Waals surface area (Å²) in [7, 11) is -2.77. The summed E-state index contributed by atoms with van der Waals surface area (Å²) >= 11 is 0. The van der Waals surface area contributed by atoms with Crippen molar-refractivity contribution in [1.82, 2.24) is 4.90 Å². The topological polar surface area (TPSA) is 119 Å². The van der Waals surface area contributed by atoms with Gasteiger partial charge in [-0.25, -0.2) is 17.6 Å². The largest absolute Gasteiger partial charge is 0.469 e. The molecule has 0 bridgehead atoms. The van der Waals surface area contributed by atoms with Crippen LogP contribution in [0.4, 0.5) is 10.1 Å². The van der Waals surface area contributed by atoms with Crippen LogP contribution in [0.1, 0.15) is 23.2 Å². The lowest BCUT2D eigenvalue weighted by molar-refractivity contribution is -0.149. The maximum absolute atomic E-state index is 13.1. The van der Waals surface area contributed by atoms with Crippen molar-refractivity contribution in [1.29, 1.82) is 0 Å². The number of rotatable bonds is 7. The van der Waals surface area contributed by atoms with Gasteiger partial charge < -0.3 is 14.4 Å². The lowest BCUT2D eigenvalue weighted by atomic mass is 9.97. The molecule has 2 aromatic rings. The maximum atomic E-state index is 13.1. The van der Waals surface area contributed by atoms with Crippen LogP contribution in [0.5, 0.6) is 0 Å². The molecule has 0 aliphatic carbocycles. The molecule has 0 aromatic heterocycles. The van der Waals surface area contributed by atoms with E-state index in [2.05, 4.69) is 4.72 Å². The molecule has 9 nitrogen and oxygen atoms in total. The standard InChI is InChI=1S/C22H23FN2O7S/c1-31-21(27)15-10-12-25(13-11-15)20(26)14-32-22(28)18-4-2-3-5-19(18)24-33(29,30)17-8-6-16(23)7-9-17/h2-9,15,24H,10-14H2,1H3. The molecular weight excluding hydrogens is 455 g/mol. The summed E-state index contributed by atoms with van der Waals surface area (Å²) in [6.45, 7) is 0.148. The molecule has 11 heteroatoms. The predicted molar refractivity (Wildman–Crippen MR) is 115 cm³/mol. The molecule has 0 radical (unpaired) electrons. The van der Waals surface area contributed by atoms with Gasteiger partial charge in [0.05, 0.1) is 29.2 Å². The molecule has 3 rings (SSSR count). The quantitative estimate of drug-likeness (QED) is 0.606. The molecule has 0 atom stereocenters. The molecule has 0 unspecified atom stereocenters. The fourth-order valence-corrected chi connectivity index (χ4v) is 4.47. The molecule has 1 aliphatic rings. The number of amides is 1.